The molecular weight excluding hydrogens is 406 g/mol. The van der Waals surface area contributed by atoms with E-state index in [0.29, 0.717) is 28.0 Å². The lowest BCUT2D eigenvalue weighted by Crippen LogP contribution is -2.36. The van der Waals surface area contributed by atoms with Gasteiger partial charge >= 0.3 is 0 Å². The number of rotatable bonds is 8. The van der Waals surface area contributed by atoms with E-state index in [9.17, 15) is 9.59 Å². The van der Waals surface area contributed by atoms with Gasteiger partial charge in [0.15, 0.2) is 0 Å². The number of benzene rings is 2. The molecule has 0 aliphatic heterocycles. The van der Waals surface area contributed by atoms with Crippen LogP contribution in [0, 0.1) is 0 Å². The molecule has 30 heavy (non-hydrogen) atoms. The lowest BCUT2D eigenvalue weighted by molar-refractivity contribution is -0.120. The van der Waals surface area contributed by atoms with E-state index in [0.717, 1.165) is 5.56 Å². The predicted octanol–water partition coefficient (Wildman–Crippen LogP) is 3.58. The zero-order valence-corrected chi connectivity index (χ0v) is 17.0. The van der Waals surface area contributed by atoms with Gasteiger partial charge in [-0.25, -0.2) is 4.98 Å². The Kier molecular flexibility index (Phi) is 7.24. The Morgan fingerprint density at radius 2 is 1.80 bits per heavy atom. The Labute approximate surface area is 179 Å². The summed E-state index contributed by atoms with van der Waals surface area (Å²) in [7, 11) is 1.59. The molecule has 0 aliphatic rings. The number of ether oxygens (including phenoxy) is 2. The second-order valence-corrected chi connectivity index (χ2v) is 6.63. The van der Waals surface area contributed by atoms with Crippen LogP contribution in [0.25, 0.3) is 0 Å². The van der Waals surface area contributed by atoms with E-state index in [1.54, 1.807) is 61.8 Å². The second-order valence-electron chi connectivity index (χ2n) is 6.22. The zero-order valence-electron chi connectivity index (χ0n) is 16.2. The summed E-state index contributed by atoms with van der Waals surface area (Å²) in [6, 6.07) is 17.3. The third-order valence-corrected chi connectivity index (χ3v) is 4.41. The minimum atomic E-state index is -0.406. The topological polar surface area (TPSA) is 89.5 Å². The Morgan fingerprint density at radius 3 is 2.53 bits per heavy atom. The maximum Gasteiger partial charge on any atom is 0.253 e. The Balaban J connectivity index is 1.45. The molecule has 0 saturated heterocycles. The van der Waals surface area contributed by atoms with Crippen LogP contribution < -0.4 is 20.1 Å². The van der Waals surface area contributed by atoms with Crippen LogP contribution in [-0.2, 0) is 11.3 Å². The fourth-order valence-corrected chi connectivity index (χ4v) is 2.75. The van der Waals surface area contributed by atoms with Gasteiger partial charge in [-0.1, -0.05) is 35.9 Å². The van der Waals surface area contributed by atoms with Crippen molar-refractivity contribution in [2.24, 2.45) is 0 Å². The summed E-state index contributed by atoms with van der Waals surface area (Å²) in [5.74, 6) is 0.986. The van der Waals surface area contributed by atoms with Crippen LogP contribution in [0.2, 0.25) is 5.02 Å². The molecule has 0 unspecified atom stereocenters. The maximum absolute atomic E-state index is 12.1. The highest BCUT2D eigenvalue weighted by Gasteiger charge is 2.11. The molecule has 2 amide bonds. The van der Waals surface area contributed by atoms with E-state index < -0.39 is 5.91 Å². The van der Waals surface area contributed by atoms with E-state index in [2.05, 4.69) is 15.6 Å². The number of halogens is 1. The number of amides is 2. The second kappa shape index (κ2) is 10.3. The molecule has 1 heterocycles. The molecule has 154 valence electrons. The minimum Gasteiger partial charge on any atom is -0.497 e. The highest BCUT2D eigenvalue weighted by Crippen LogP contribution is 2.23. The molecule has 0 aliphatic carbocycles. The number of hydrogen-bond donors (Lipinski definition) is 2. The molecule has 2 N–H and O–H groups in total. The molecule has 0 radical (unpaired) electrons. The fraction of sp³-hybridized carbons (Fsp3) is 0.136. The number of methoxy groups -OCH3 is 1. The number of nitrogens with zero attached hydrogens (tertiary/aromatic N) is 1. The number of hydrogen-bond acceptors (Lipinski definition) is 5. The van der Waals surface area contributed by atoms with Crippen molar-refractivity contribution in [3.05, 3.63) is 83.0 Å². The first kappa shape index (κ1) is 21.1. The summed E-state index contributed by atoms with van der Waals surface area (Å²) in [5.41, 5.74) is 1.11. The zero-order chi connectivity index (χ0) is 21.3. The average molecular weight is 426 g/mol. The van der Waals surface area contributed by atoms with Crippen LogP contribution in [-0.4, -0.2) is 30.5 Å². The molecule has 8 heteroatoms. The van der Waals surface area contributed by atoms with Gasteiger partial charge in [-0.05, 0) is 29.8 Å². The van der Waals surface area contributed by atoms with Gasteiger partial charge in [0, 0.05) is 24.9 Å². The van der Waals surface area contributed by atoms with Crippen LogP contribution in [0.3, 0.4) is 0 Å². The molecule has 1 aromatic heterocycles. The standard InChI is InChI=1S/C22H20ClN3O4/c1-29-16-5-4-6-17(11-16)30-21-10-9-15(13-25-21)12-24-20(27)14-26-22(28)18-7-2-3-8-19(18)23/h2-11,13H,12,14H2,1H3,(H,24,27)(H,26,28). The molecule has 0 spiro atoms. The van der Waals surface area contributed by atoms with E-state index in [4.69, 9.17) is 21.1 Å². The van der Waals surface area contributed by atoms with Crippen molar-refractivity contribution in [2.75, 3.05) is 13.7 Å². The third-order valence-electron chi connectivity index (χ3n) is 4.08. The molecule has 0 atom stereocenters. The van der Waals surface area contributed by atoms with Crippen molar-refractivity contribution in [3.63, 3.8) is 0 Å². The van der Waals surface area contributed by atoms with E-state index in [1.165, 1.54) is 0 Å². The quantitative estimate of drug-likeness (QED) is 0.575. The van der Waals surface area contributed by atoms with Gasteiger partial charge in [0.1, 0.15) is 11.5 Å². The van der Waals surface area contributed by atoms with Crippen molar-refractivity contribution in [1.29, 1.82) is 0 Å². The Morgan fingerprint density at radius 1 is 1.00 bits per heavy atom. The predicted molar refractivity (Wildman–Crippen MR) is 113 cm³/mol. The van der Waals surface area contributed by atoms with Crippen LogP contribution in [0.1, 0.15) is 15.9 Å². The number of nitrogens with one attached hydrogen (secondary N) is 2. The normalized spacial score (nSPS) is 10.2. The summed E-state index contributed by atoms with van der Waals surface area (Å²) < 4.78 is 10.8. The molecule has 3 aromatic rings. The highest BCUT2D eigenvalue weighted by atomic mass is 35.5. The van der Waals surface area contributed by atoms with E-state index in [1.807, 2.05) is 12.1 Å². The van der Waals surface area contributed by atoms with Gasteiger partial charge in [0.2, 0.25) is 11.8 Å². The molecule has 3 rings (SSSR count). The largest absolute Gasteiger partial charge is 0.497 e. The highest BCUT2D eigenvalue weighted by molar-refractivity contribution is 6.33. The average Bonchev–Trinajstić information content (AvgIpc) is 2.77. The fourth-order valence-electron chi connectivity index (χ4n) is 2.53. The first-order chi connectivity index (χ1) is 14.5. The molecule has 2 aromatic carbocycles. The first-order valence-electron chi connectivity index (χ1n) is 9.11. The number of carbonyl (C=O) groups is 2. The van der Waals surface area contributed by atoms with Crippen LogP contribution in [0.4, 0.5) is 0 Å². The summed E-state index contributed by atoms with van der Waals surface area (Å²) in [6.07, 6.45) is 1.61. The third kappa shape index (κ3) is 5.96. The van der Waals surface area contributed by atoms with Gasteiger partial charge in [0.05, 0.1) is 24.2 Å². The number of aromatic nitrogens is 1. The van der Waals surface area contributed by atoms with E-state index >= 15 is 0 Å². The van der Waals surface area contributed by atoms with Gasteiger partial charge in [-0.2, -0.15) is 0 Å². The Hall–Kier alpha value is -3.58. The van der Waals surface area contributed by atoms with Crippen molar-refractivity contribution < 1.29 is 19.1 Å². The molecule has 7 nitrogen and oxygen atoms in total. The molecule has 0 fully saturated rings. The summed E-state index contributed by atoms with van der Waals surface area (Å²) in [5, 5.41) is 5.59. The molecule has 0 bridgehead atoms. The summed E-state index contributed by atoms with van der Waals surface area (Å²) in [4.78, 5) is 28.3. The van der Waals surface area contributed by atoms with Crippen LogP contribution in [0.15, 0.2) is 66.9 Å². The van der Waals surface area contributed by atoms with Crippen LogP contribution >= 0.6 is 11.6 Å². The SMILES string of the molecule is COc1cccc(Oc2ccc(CNC(=O)CNC(=O)c3ccccc3Cl)cn2)c1. The minimum absolute atomic E-state index is 0.158. The molecule has 0 saturated carbocycles. The summed E-state index contributed by atoms with van der Waals surface area (Å²) >= 11 is 5.97. The molecular formula is C22H20ClN3O4. The van der Waals surface area contributed by atoms with Crippen LogP contribution in [0.5, 0.6) is 17.4 Å². The van der Waals surface area contributed by atoms with Crippen molar-refractivity contribution in [1.82, 2.24) is 15.6 Å². The number of carbonyl (C=O) groups excluding carboxylic acids is 2. The van der Waals surface area contributed by atoms with Gasteiger partial charge in [-0.15, -0.1) is 0 Å². The van der Waals surface area contributed by atoms with Gasteiger partial charge < -0.3 is 20.1 Å². The van der Waals surface area contributed by atoms with Crippen molar-refractivity contribution in [3.8, 4) is 17.4 Å². The Bertz CT molecular complexity index is 1020. The van der Waals surface area contributed by atoms with Gasteiger partial charge in [-0.3, -0.25) is 9.59 Å². The smallest absolute Gasteiger partial charge is 0.253 e. The lowest BCUT2D eigenvalue weighted by atomic mass is 10.2. The van der Waals surface area contributed by atoms with Crippen molar-refractivity contribution >= 4 is 23.4 Å². The lowest BCUT2D eigenvalue weighted by Gasteiger charge is -2.09. The van der Waals surface area contributed by atoms with Crippen molar-refractivity contribution in [2.45, 2.75) is 6.54 Å². The monoisotopic (exact) mass is 425 g/mol. The summed E-state index contributed by atoms with van der Waals surface area (Å²) in [6.45, 7) is 0.113. The van der Waals surface area contributed by atoms with Gasteiger partial charge in [0.25, 0.3) is 5.91 Å². The van der Waals surface area contributed by atoms with E-state index in [-0.39, 0.29) is 19.0 Å². The first-order valence-corrected chi connectivity index (χ1v) is 9.49. The maximum atomic E-state index is 12.1. The number of pyridine rings is 1.